The Morgan fingerprint density at radius 2 is 1.69 bits per heavy atom. The predicted molar refractivity (Wildman–Crippen MR) is 113 cm³/mol. The number of guanidine groups is 1. The van der Waals surface area contributed by atoms with Gasteiger partial charge in [-0.2, -0.15) is 0 Å². The van der Waals surface area contributed by atoms with Gasteiger partial charge in [0.15, 0.2) is 5.96 Å². The molecule has 1 N–H and O–H groups in total. The molecule has 0 unspecified atom stereocenters. The first-order valence-corrected chi connectivity index (χ1v) is 10.1. The van der Waals surface area contributed by atoms with Crippen molar-refractivity contribution in [3.05, 3.63) is 42.4 Å². The number of pyridine rings is 1. The molecule has 2 aromatic rings. The number of hydrogen-bond acceptors (Lipinski definition) is 7. The lowest BCUT2D eigenvalue weighted by atomic mass is 10.2. The monoisotopic (exact) mass is 396 g/mol. The van der Waals surface area contributed by atoms with Gasteiger partial charge in [-0.1, -0.05) is 6.07 Å². The molecule has 2 aliphatic heterocycles. The van der Waals surface area contributed by atoms with Gasteiger partial charge in [-0.15, -0.1) is 0 Å². The lowest BCUT2D eigenvalue weighted by Gasteiger charge is -2.36. The summed E-state index contributed by atoms with van der Waals surface area (Å²) in [6.45, 7) is 7.44. The molecule has 2 fully saturated rings. The predicted octanol–water partition coefficient (Wildman–Crippen LogP) is 0.606. The Morgan fingerprint density at radius 3 is 2.41 bits per heavy atom. The van der Waals surface area contributed by atoms with Crippen LogP contribution in [-0.4, -0.2) is 85.3 Å². The lowest BCUT2D eigenvalue weighted by Crippen LogP contribution is -2.52. The van der Waals surface area contributed by atoms with Crippen LogP contribution in [0.5, 0.6) is 0 Å². The van der Waals surface area contributed by atoms with E-state index in [1.165, 1.54) is 5.56 Å². The Labute approximate surface area is 171 Å². The van der Waals surface area contributed by atoms with E-state index < -0.39 is 0 Å². The van der Waals surface area contributed by atoms with Gasteiger partial charge in [0.25, 0.3) is 0 Å². The van der Waals surface area contributed by atoms with E-state index in [0.29, 0.717) is 6.54 Å². The fourth-order valence-corrected chi connectivity index (χ4v) is 3.71. The fourth-order valence-electron chi connectivity index (χ4n) is 3.71. The Morgan fingerprint density at radius 1 is 0.966 bits per heavy atom. The molecule has 0 amide bonds. The molecule has 9 nitrogen and oxygen atoms in total. The number of aromatic nitrogens is 3. The van der Waals surface area contributed by atoms with Gasteiger partial charge in [-0.05, 0) is 12.1 Å². The molecule has 0 bridgehead atoms. The van der Waals surface area contributed by atoms with Gasteiger partial charge in [0.05, 0.1) is 13.2 Å². The van der Waals surface area contributed by atoms with Gasteiger partial charge in [-0.3, -0.25) is 4.99 Å². The van der Waals surface area contributed by atoms with Crippen molar-refractivity contribution in [2.75, 3.05) is 69.3 Å². The second-order valence-corrected chi connectivity index (χ2v) is 7.01. The third-order valence-corrected chi connectivity index (χ3v) is 5.24. The standard InChI is InChI=1S/C20H28N8O/c1-21-19(27-8-10-28(11-9-27)20-23-6-3-7-24-20)25-16-17-4-2-5-22-18(17)26-12-14-29-15-13-26/h2-7H,8-16H2,1H3,(H,21,25). The van der Waals surface area contributed by atoms with Gasteiger partial charge in [-0.25, -0.2) is 15.0 Å². The summed E-state index contributed by atoms with van der Waals surface area (Å²) in [6.07, 6.45) is 5.43. The molecular formula is C20H28N8O. The quantitative estimate of drug-likeness (QED) is 0.595. The van der Waals surface area contributed by atoms with E-state index in [2.05, 4.69) is 46.0 Å². The van der Waals surface area contributed by atoms with Crippen molar-refractivity contribution in [3.8, 4) is 0 Å². The van der Waals surface area contributed by atoms with Crippen LogP contribution in [0.3, 0.4) is 0 Å². The normalized spacial score (nSPS) is 18.1. The van der Waals surface area contributed by atoms with Crippen LogP contribution in [0, 0.1) is 0 Å². The zero-order valence-corrected chi connectivity index (χ0v) is 16.9. The maximum atomic E-state index is 5.47. The highest BCUT2D eigenvalue weighted by atomic mass is 16.5. The molecule has 0 radical (unpaired) electrons. The van der Waals surface area contributed by atoms with Crippen LogP contribution in [0.25, 0.3) is 0 Å². The van der Waals surface area contributed by atoms with E-state index >= 15 is 0 Å². The second kappa shape index (κ2) is 9.51. The molecule has 2 aromatic heterocycles. The Balaban J connectivity index is 1.35. The van der Waals surface area contributed by atoms with Crippen molar-refractivity contribution >= 4 is 17.7 Å². The molecule has 29 heavy (non-hydrogen) atoms. The number of rotatable bonds is 4. The van der Waals surface area contributed by atoms with Crippen molar-refractivity contribution < 1.29 is 4.74 Å². The fraction of sp³-hybridized carbons (Fsp3) is 0.500. The van der Waals surface area contributed by atoms with Crippen LogP contribution in [0.2, 0.25) is 0 Å². The summed E-state index contributed by atoms with van der Waals surface area (Å²) < 4.78 is 5.47. The van der Waals surface area contributed by atoms with E-state index in [4.69, 9.17) is 4.74 Å². The van der Waals surface area contributed by atoms with Crippen molar-refractivity contribution in [2.45, 2.75) is 6.54 Å². The Bertz CT molecular complexity index is 801. The summed E-state index contributed by atoms with van der Waals surface area (Å²) in [6, 6.07) is 5.96. The topological polar surface area (TPSA) is 82.0 Å². The van der Waals surface area contributed by atoms with E-state index in [-0.39, 0.29) is 0 Å². The van der Waals surface area contributed by atoms with Crippen LogP contribution in [0.15, 0.2) is 41.8 Å². The minimum atomic E-state index is 0.690. The maximum Gasteiger partial charge on any atom is 0.225 e. The van der Waals surface area contributed by atoms with Crippen LogP contribution in [-0.2, 0) is 11.3 Å². The van der Waals surface area contributed by atoms with Crippen LogP contribution in [0.1, 0.15) is 5.56 Å². The third kappa shape index (κ3) is 4.73. The van der Waals surface area contributed by atoms with Gasteiger partial charge < -0.3 is 24.8 Å². The van der Waals surface area contributed by atoms with Crippen molar-refractivity contribution in [2.24, 2.45) is 4.99 Å². The highest BCUT2D eigenvalue weighted by Crippen LogP contribution is 2.18. The molecule has 154 valence electrons. The summed E-state index contributed by atoms with van der Waals surface area (Å²) >= 11 is 0. The Hall–Kier alpha value is -2.94. The number of nitrogens with zero attached hydrogens (tertiary/aromatic N) is 7. The first-order chi connectivity index (χ1) is 14.3. The highest BCUT2D eigenvalue weighted by Gasteiger charge is 2.22. The smallest absolute Gasteiger partial charge is 0.225 e. The average molecular weight is 396 g/mol. The van der Waals surface area contributed by atoms with Gasteiger partial charge in [0.2, 0.25) is 5.95 Å². The third-order valence-electron chi connectivity index (χ3n) is 5.24. The van der Waals surface area contributed by atoms with Gasteiger partial charge in [0, 0.05) is 77.0 Å². The average Bonchev–Trinajstić information content (AvgIpc) is 2.81. The number of aliphatic imine (C=N–C) groups is 1. The number of piperazine rings is 1. The number of morpholine rings is 1. The molecule has 2 saturated heterocycles. The van der Waals surface area contributed by atoms with Crippen molar-refractivity contribution in [1.29, 1.82) is 0 Å². The summed E-state index contributed by atoms with van der Waals surface area (Å²) in [7, 11) is 1.83. The van der Waals surface area contributed by atoms with Crippen molar-refractivity contribution in [1.82, 2.24) is 25.2 Å². The zero-order valence-electron chi connectivity index (χ0n) is 16.9. The van der Waals surface area contributed by atoms with Crippen LogP contribution >= 0.6 is 0 Å². The summed E-state index contributed by atoms with van der Waals surface area (Å²) in [5.74, 6) is 2.74. The molecule has 0 spiro atoms. The molecule has 0 saturated carbocycles. The van der Waals surface area contributed by atoms with E-state index in [1.54, 1.807) is 12.4 Å². The lowest BCUT2D eigenvalue weighted by molar-refractivity contribution is 0.122. The number of anilines is 2. The molecule has 4 rings (SSSR count). The molecule has 9 heteroatoms. The maximum absolute atomic E-state index is 5.47. The largest absolute Gasteiger partial charge is 0.378 e. The molecule has 4 heterocycles. The van der Waals surface area contributed by atoms with E-state index in [9.17, 15) is 0 Å². The summed E-state index contributed by atoms with van der Waals surface area (Å²) in [5, 5.41) is 3.52. The van der Waals surface area contributed by atoms with E-state index in [0.717, 1.165) is 70.2 Å². The first-order valence-electron chi connectivity index (χ1n) is 10.1. The first kappa shape index (κ1) is 19.4. The summed E-state index contributed by atoms with van der Waals surface area (Å²) in [5.41, 5.74) is 1.17. The SMILES string of the molecule is CN=C(NCc1cccnc1N1CCOCC1)N1CCN(c2ncccn2)CC1. The van der Waals surface area contributed by atoms with E-state index in [1.807, 2.05) is 25.4 Å². The molecule has 0 atom stereocenters. The second-order valence-electron chi connectivity index (χ2n) is 7.01. The number of nitrogens with one attached hydrogen (secondary N) is 1. The Kier molecular flexibility index (Phi) is 6.35. The number of ether oxygens (including phenoxy) is 1. The molecule has 2 aliphatic rings. The molecule has 0 aromatic carbocycles. The van der Waals surface area contributed by atoms with Crippen molar-refractivity contribution in [3.63, 3.8) is 0 Å². The summed E-state index contributed by atoms with van der Waals surface area (Å²) in [4.78, 5) is 24.6. The molecular weight excluding hydrogens is 368 g/mol. The van der Waals surface area contributed by atoms with Gasteiger partial charge >= 0.3 is 0 Å². The van der Waals surface area contributed by atoms with Crippen LogP contribution < -0.4 is 15.1 Å². The molecule has 0 aliphatic carbocycles. The van der Waals surface area contributed by atoms with Crippen LogP contribution in [0.4, 0.5) is 11.8 Å². The highest BCUT2D eigenvalue weighted by molar-refractivity contribution is 5.80. The number of hydrogen-bond donors (Lipinski definition) is 1. The zero-order chi connectivity index (χ0) is 19.9. The minimum absolute atomic E-state index is 0.690. The van der Waals surface area contributed by atoms with Gasteiger partial charge in [0.1, 0.15) is 5.82 Å². The minimum Gasteiger partial charge on any atom is -0.378 e.